The molecule has 6 heteroatoms. The van der Waals surface area contributed by atoms with Crippen LogP contribution in [0.5, 0.6) is 0 Å². The third-order valence-electron chi connectivity index (χ3n) is 3.68. The van der Waals surface area contributed by atoms with Crippen molar-refractivity contribution in [2.24, 2.45) is 0 Å². The third kappa shape index (κ3) is 3.71. The summed E-state index contributed by atoms with van der Waals surface area (Å²) in [5.41, 5.74) is 0.421. The van der Waals surface area contributed by atoms with Gasteiger partial charge in [-0.2, -0.15) is 0 Å². The fourth-order valence-electron chi connectivity index (χ4n) is 2.47. The minimum atomic E-state index is -0.482. The summed E-state index contributed by atoms with van der Waals surface area (Å²) in [6, 6.07) is 4.34. The highest BCUT2D eigenvalue weighted by molar-refractivity contribution is 5.80. The number of hydrogen-bond acceptors (Lipinski definition) is 3. The molecule has 21 heavy (non-hydrogen) atoms. The van der Waals surface area contributed by atoms with E-state index in [1.54, 1.807) is 10.7 Å². The number of H-pyrrole nitrogens is 1. The van der Waals surface area contributed by atoms with Gasteiger partial charge in [0.25, 0.3) is 11.2 Å². The van der Waals surface area contributed by atoms with Crippen molar-refractivity contribution in [1.29, 1.82) is 0 Å². The Hall–Kier alpha value is -2.11. The molecule has 0 atom stereocenters. The summed E-state index contributed by atoms with van der Waals surface area (Å²) in [6.07, 6.45) is 6.95. The minimum absolute atomic E-state index is 0.0506. The van der Waals surface area contributed by atoms with Gasteiger partial charge in [-0.25, -0.2) is 0 Å². The molecule has 0 spiro atoms. The van der Waals surface area contributed by atoms with Crippen LogP contribution >= 0.6 is 0 Å². The van der Waals surface area contributed by atoms with Crippen LogP contribution in [0.3, 0.4) is 0 Å². The SMILES string of the molecule is CCCCCCCCn1[nH]c2ccc([N+](=O)[O-])cc2c1=O. The highest BCUT2D eigenvalue weighted by Crippen LogP contribution is 2.17. The number of aromatic amines is 1. The molecule has 2 aromatic rings. The Morgan fingerprint density at radius 2 is 1.90 bits per heavy atom. The lowest BCUT2D eigenvalue weighted by molar-refractivity contribution is -0.384. The molecule has 114 valence electrons. The van der Waals surface area contributed by atoms with Gasteiger partial charge in [0.1, 0.15) is 0 Å². The van der Waals surface area contributed by atoms with Crippen molar-refractivity contribution in [3.05, 3.63) is 38.7 Å². The number of nitrogens with one attached hydrogen (secondary N) is 1. The first-order chi connectivity index (χ1) is 10.1. The number of nitrogens with zero attached hydrogens (tertiary/aromatic N) is 2. The lowest BCUT2D eigenvalue weighted by Gasteiger charge is -2.01. The molecule has 0 saturated carbocycles. The second kappa shape index (κ2) is 7.06. The Balaban J connectivity index is 2.02. The van der Waals surface area contributed by atoms with Crippen LogP contribution in [0.2, 0.25) is 0 Å². The molecule has 1 heterocycles. The zero-order chi connectivity index (χ0) is 15.2. The number of aromatic nitrogens is 2. The highest BCUT2D eigenvalue weighted by Gasteiger charge is 2.11. The Morgan fingerprint density at radius 3 is 2.62 bits per heavy atom. The molecular formula is C15H21N3O3. The van der Waals surface area contributed by atoms with E-state index in [2.05, 4.69) is 12.0 Å². The van der Waals surface area contributed by atoms with E-state index in [-0.39, 0.29) is 11.2 Å². The average molecular weight is 291 g/mol. The van der Waals surface area contributed by atoms with Crippen LogP contribution < -0.4 is 5.56 Å². The summed E-state index contributed by atoms with van der Waals surface area (Å²) in [5, 5.41) is 14.1. The smallest absolute Gasteiger partial charge is 0.274 e. The molecule has 0 bridgehead atoms. The summed E-state index contributed by atoms with van der Waals surface area (Å²) in [4.78, 5) is 22.4. The topological polar surface area (TPSA) is 80.9 Å². The number of aryl methyl sites for hydroxylation is 1. The van der Waals surface area contributed by atoms with E-state index in [0.717, 1.165) is 12.8 Å². The molecule has 2 rings (SSSR count). The normalized spacial score (nSPS) is 11.1. The van der Waals surface area contributed by atoms with Gasteiger partial charge in [-0.05, 0) is 12.5 Å². The number of unbranched alkanes of at least 4 members (excludes halogenated alkanes) is 5. The largest absolute Gasteiger partial charge is 0.295 e. The molecule has 0 aliphatic heterocycles. The summed E-state index contributed by atoms with van der Waals surface area (Å²) >= 11 is 0. The zero-order valence-corrected chi connectivity index (χ0v) is 12.3. The maximum Gasteiger partial charge on any atom is 0.274 e. The van der Waals surface area contributed by atoms with Gasteiger partial charge in [0, 0.05) is 18.7 Å². The Kier molecular flexibility index (Phi) is 5.14. The second-order valence-electron chi connectivity index (χ2n) is 5.32. The fourth-order valence-corrected chi connectivity index (χ4v) is 2.47. The van der Waals surface area contributed by atoms with E-state index >= 15 is 0 Å². The molecule has 0 fully saturated rings. The molecule has 0 radical (unpaired) electrons. The lowest BCUT2D eigenvalue weighted by Crippen LogP contribution is -2.16. The van der Waals surface area contributed by atoms with E-state index in [0.29, 0.717) is 17.4 Å². The van der Waals surface area contributed by atoms with Crippen molar-refractivity contribution in [3.8, 4) is 0 Å². The van der Waals surface area contributed by atoms with Crippen LogP contribution in [-0.2, 0) is 6.54 Å². The summed E-state index contributed by atoms with van der Waals surface area (Å²) in [6.45, 7) is 2.82. The third-order valence-corrected chi connectivity index (χ3v) is 3.68. The van der Waals surface area contributed by atoms with E-state index in [1.165, 1.54) is 37.8 Å². The summed E-state index contributed by atoms with van der Waals surface area (Å²) < 4.78 is 1.55. The first kappa shape index (κ1) is 15.3. The van der Waals surface area contributed by atoms with Gasteiger partial charge in [0.05, 0.1) is 15.8 Å². The van der Waals surface area contributed by atoms with Gasteiger partial charge in [0.15, 0.2) is 0 Å². The molecule has 1 aromatic heterocycles. The number of fused-ring (bicyclic) bond motifs is 1. The molecular weight excluding hydrogens is 270 g/mol. The van der Waals surface area contributed by atoms with Crippen LogP contribution in [-0.4, -0.2) is 14.7 Å². The first-order valence-corrected chi connectivity index (χ1v) is 7.50. The summed E-state index contributed by atoms with van der Waals surface area (Å²) in [7, 11) is 0. The number of nitro groups is 1. The molecule has 6 nitrogen and oxygen atoms in total. The van der Waals surface area contributed by atoms with Gasteiger partial charge < -0.3 is 0 Å². The van der Waals surface area contributed by atoms with Gasteiger partial charge in [-0.15, -0.1) is 0 Å². The van der Waals surface area contributed by atoms with Crippen LogP contribution in [0.4, 0.5) is 5.69 Å². The van der Waals surface area contributed by atoms with E-state index in [9.17, 15) is 14.9 Å². The first-order valence-electron chi connectivity index (χ1n) is 7.50. The number of hydrogen-bond donors (Lipinski definition) is 1. The highest BCUT2D eigenvalue weighted by atomic mass is 16.6. The average Bonchev–Trinajstić information content (AvgIpc) is 2.79. The zero-order valence-electron chi connectivity index (χ0n) is 12.3. The number of non-ortho nitro benzene ring substituents is 1. The predicted octanol–water partition coefficient (Wildman–Crippen LogP) is 3.60. The van der Waals surface area contributed by atoms with Crippen LogP contribution in [0.25, 0.3) is 10.9 Å². The van der Waals surface area contributed by atoms with Crippen molar-refractivity contribution in [2.75, 3.05) is 0 Å². The molecule has 0 saturated heterocycles. The molecule has 0 aliphatic carbocycles. The number of benzene rings is 1. The number of nitro benzene ring substituents is 1. The minimum Gasteiger partial charge on any atom is -0.295 e. The van der Waals surface area contributed by atoms with Gasteiger partial charge in [0.2, 0.25) is 0 Å². The Labute approximate surface area is 122 Å². The molecule has 1 N–H and O–H groups in total. The molecule has 0 unspecified atom stereocenters. The van der Waals surface area contributed by atoms with Crippen LogP contribution in [0, 0.1) is 10.1 Å². The Bertz CT molecular complexity index is 672. The second-order valence-corrected chi connectivity index (χ2v) is 5.32. The molecule has 1 aromatic carbocycles. The standard InChI is InChI=1S/C15H21N3O3/c1-2-3-4-5-6-7-10-17-15(19)13-11-12(18(20)21)8-9-14(13)16-17/h8-9,11,16H,2-7,10H2,1H3. The van der Waals surface area contributed by atoms with Crippen molar-refractivity contribution in [3.63, 3.8) is 0 Å². The van der Waals surface area contributed by atoms with Crippen molar-refractivity contribution < 1.29 is 4.92 Å². The molecule has 0 amide bonds. The van der Waals surface area contributed by atoms with Crippen molar-refractivity contribution in [2.45, 2.75) is 52.0 Å². The van der Waals surface area contributed by atoms with Gasteiger partial charge in [-0.3, -0.25) is 24.7 Å². The van der Waals surface area contributed by atoms with Crippen molar-refractivity contribution in [1.82, 2.24) is 9.78 Å². The van der Waals surface area contributed by atoms with Crippen LogP contribution in [0.15, 0.2) is 23.0 Å². The number of rotatable bonds is 8. The monoisotopic (exact) mass is 291 g/mol. The Morgan fingerprint density at radius 1 is 1.19 bits per heavy atom. The maximum absolute atomic E-state index is 12.2. The van der Waals surface area contributed by atoms with Crippen molar-refractivity contribution >= 4 is 16.6 Å². The molecule has 0 aliphatic rings. The van der Waals surface area contributed by atoms with Crippen LogP contribution in [0.1, 0.15) is 45.4 Å². The summed E-state index contributed by atoms with van der Waals surface area (Å²) in [5.74, 6) is 0. The maximum atomic E-state index is 12.2. The fraction of sp³-hybridized carbons (Fsp3) is 0.533. The predicted molar refractivity (Wildman–Crippen MR) is 82.6 cm³/mol. The quantitative estimate of drug-likeness (QED) is 0.458. The van der Waals surface area contributed by atoms with E-state index < -0.39 is 4.92 Å². The van der Waals surface area contributed by atoms with Gasteiger partial charge in [-0.1, -0.05) is 39.0 Å². The van der Waals surface area contributed by atoms with E-state index in [1.807, 2.05) is 0 Å². The van der Waals surface area contributed by atoms with E-state index in [4.69, 9.17) is 0 Å². The lowest BCUT2D eigenvalue weighted by atomic mass is 10.1. The van der Waals surface area contributed by atoms with Gasteiger partial charge >= 0.3 is 0 Å².